The number of esters is 2. The lowest BCUT2D eigenvalue weighted by Gasteiger charge is -2.22. The van der Waals surface area contributed by atoms with Crippen molar-refractivity contribution >= 4 is 11.9 Å². The van der Waals surface area contributed by atoms with Crippen molar-refractivity contribution in [3.8, 4) is 5.75 Å². The van der Waals surface area contributed by atoms with E-state index in [9.17, 15) is 9.59 Å². The minimum absolute atomic E-state index is 0.00276. The molecule has 0 aliphatic carbocycles. The first-order valence-corrected chi connectivity index (χ1v) is 12.8. The van der Waals surface area contributed by atoms with Gasteiger partial charge in [-0.3, -0.25) is 9.59 Å². The molecule has 1 fully saturated rings. The number of benzene rings is 1. The summed E-state index contributed by atoms with van der Waals surface area (Å²) in [5, 5.41) is 0. The molecule has 1 aromatic carbocycles. The van der Waals surface area contributed by atoms with E-state index in [2.05, 4.69) is 6.07 Å². The summed E-state index contributed by atoms with van der Waals surface area (Å²) in [6, 6.07) is 6.08. The molecule has 0 saturated carbocycles. The zero-order chi connectivity index (χ0) is 24.4. The Labute approximate surface area is 204 Å². The van der Waals surface area contributed by atoms with Crippen LogP contribution in [0.3, 0.4) is 0 Å². The average molecular weight is 479 g/mol. The third-order valence-electron chi connectivity index (χ3n) is 5.89. The first-order valence-electron chi connectivity index (χ1n) is 12.8. The maximum absolute atomic E-state index is 11.7. The van der Waals surface area contributed by atoms with Crippen molar-refractivity contribution in [3.05, 3.63) is 29.3 Å². The van der Waals surface area contributed by atoms with Crippen molar-refractivity contribution < 1.29 is 33.3 Å². The molecule has 0 radical (unpaired) electrons. The monoisotopic (exact) mass is 478 g/mol. The Kier molecular flexibility index (Phi) is 14.3. The summed E-state index contributed by atoms with van der Waals surface area (Å²) in [6.07, 6.45) is 10.6. The van der Waals surface area contributed by atoms with Crippen LogP contribution >= 0.6 is 0 Å². The van der Waals surface area contributed by atoms with Crippen molar-refractivity contribution in [1.29, 1.82) is 0 Å². The molecule has 0 N–H and O–H groups in total. The molecule has 1 aliphatic rings. The van der Waals surface area contributed by atoms with Crippen molar-refractivity contribution in [2.45, 2.75) is 90.3 Å². The second kappa shape index (κ2) is 17.3. The molecule has 1 saturated heterocycles. The van der Waals surface area contributed by atoms with Gasteiger partial charge in [-0.15, -0.1) is 0 Å². The van der Waals surface area contributed by atoms with E-state index in [1.165, 1.54) is 19.1 Å². The van der Waals surface area contributed by atoms with Gasteiger partial charge in [0.15, 0.2) is 6.29 Å². The molecule has 1 aromatic rings. The van der Waals surface area contributed by atoms with Gasteiger partial charge in [0.2, 0.25) is 0 Å². The number of aryl methyl sites for hydroxylation is 2. The number of ether oxygens (including phenoxy) is 5. The molecule has 7 nitrogen and oxygen atoms in total. The molecule has 0 spiro atoms. The molecule has 1 heterocycles. The highest BCUT2D eigenvalue weighted by Crippen LogP contribution is 2.22. The van der Waals surface area contributed by atoms with Crippen molar-refractivity contribution in [2.24, 2.45) is 0 Å². The Morgan fingerprint density at radius 1 is 0.941 bits per heavy atom. The highest BCUT2D eigenvalue weighted by molar-refractivity contribution is 5.69. The number of unbranched alkanes of at least 4 members (excludes halogenated alkanes) is 3. The molecule has 2 rings (SSSR count). The van der Waals surface area contributed by atoms with Crippen LogP contribution in [0, 0.1) is 0 Å². The lowest BCUT2D eigenvalue weighted by Crippen LogP contribution is -2.22. The van der Waals surface area contributed by atoms with Crippen LogP contribution in [0.5, 0.6) is 5.75 Å². The molecule has 34 heavy (non-hydrogen) atoms. The molecular formula is C27H42O7. The maximum Gasteiger partial charge on any atom is 0.305 e. The van der Waals surface area contributed by atoms with Gasteiger partial charge in [-0.25, -0.2) is 0 Å². The van der Waals surface area contributed by atoms with Gasteiger partial charge in [0, 0.05) is 26.1 Å². The lowest BCUT2D eigenvalue weighted by atomic mass is 9.97. The summed E-state index contributed by atoms with van der Waals surface area (Å²) in [5.74, 6) is 0.345. The van der Waals surface area contributed by atoms with Crippen LogP contribution in [0.25, 0.3) is 0 Å². The number of hydrogen-bond acceptors (Lipinski definition) is 7. The maximum atomic E-state index is 11.7. The first kappa shape index (κ1) is 28.1. The average Bonchev–Trinajstić information content (AvgIpc) is 2.86. The molecule has 1 atom stereocenters. The molecule has 0 amide bonds. The summed E-state index contributed by atoms with van der Waals surface area (Å²) < 4.78 is 27.0. The summed E-state index contributed by atoms with van der Waals surface area (Å²) >= 11 is 0. The Hall–Kier alpha value is -2.12. The van der Waals surface area contributed by atoms with Crippen LogP contribution in [-0.2, 0) is 41.4 Å². The van der Waals surface area contributed by atoms with Crippen LogP contribution in [0.4, 0.5) is 0 Å². The van der Waals surface area contributed by atoms with Crippen LogP contribution in [0.15, 0.2) is 18.2 Å². The van der Waals surface area contributed by atoms with Gasteiger partial charge < -0.3 is 23.7 Å². The van der Waals surface area contributed by atoms with Crippen LogP contribution < -0.4 is 4.74 Å². The zero-order valence-corrected chi connectivity index (χ0v) is 21.0. The quantitative estimate of drug-likeness (QED) is 0.226. The van der Waals surface area contributed by atoms with E-state index < -0.39 is 0 Å². The van der Waals surface area contributed by atoms with E-state index in [4.69, 9.17) is 23.7 Å². The van der Waals surface area contributed by atoms with E-state index in [0.717, 1.165) is 69.5 Å². The van der Waals surface area contributed by atoms with E-state index >= 15 is 0 Å². The van der Waals surface area contributed by atoms with Crippen LogP contribution in [0.1, 0.15) is 82.3 Å². The Bertz CT molecular complexity index is 713. The molecule has 0 bridgehead atoms. The fourth-order valence-electron chi connectivity index (χ4n) is 3.98. The van der Waals surface area contributed by atoms with E-state index in [-0.39, 0.29) is 18.2 Å². The highest BCUT2D eigenvalue weighted by Gasteiger charge is 2.13. The second-order valence-electron chi connectivity index (χ2n) is 8.59. The predicted molar refractivity (Wildman–Crippen MR) is 130 cm³/mol. The number of hydrogen-bond donors (Lipinski definition) is 0. The minimum atomic E-state index is -0.214. The first-order chi connectivity index (χ1) is 16.6. The molecule has 0 aromatic heterocycles. The molecular weight excluding hydrogens is 436 g/mol. The number of methoxy groups -OCH3 is 1. The van der Waals surface area contributed by atoms with E-state index in [1.54, 1.807) is 6.92 Å². The van der Waals surface area contributed by atoms with Gasteiger partial charge in [0.25, 0.3) is 0 Å². The summed E-state index contributed by atoms with van der Waals surface area (Å²) in [5.41, 5.74) is 2.36. The predicted octanol–water partition coefficient (Wildman–Crippen LogP) is 5.16. The zero-order valence-electron chi connectivity index (χ0n) is 21.0. The second-order valence-corrected chi connectivity index (χ2v) is 8.59. The fourth-order valence-corrected chi connectivity index (χ4v) is 3.98. The normalized spacial score (nSPS) is 15.6. The molecule has 192 valence electrons. The van der Waals surface area contributed by atoms with Crippen LogP contribution in [-0.4, -0.2) is 51.8 Å². The van der Waals surface area contributed by atoms with Gasteiger partial charge in [-0.1, -0.05) is 18.9 Å². The number of carbonyl (C=O) groups excluding carboxylic acids is 2. The van der Waals surface area contributed by atoms with Crippen molar-refractivity contribution in [2.75, 3.05) is 33.5 Å². The van der Waals surface area contributed by atoms with Gasteiger partial charge >= 0.3 is 11.9 Å². The SMILES string of the molecule is CCOC(=O)CCCOc1ccc(CCCCCCOC2CCCCO2)c(CCC(=O)OC)c1. The van der Waals surface area contributed by atoms with Gasteiger partial charge in [-0.2, -0.15) is 0 Å². The number of rotatable bonds is 17. The van der Waals surface area contributed by atoms with Gasteiger partial charge in [-0.05, 0) is 81.5 Å². The standard InChI is InChI=1S/C27H42O7/c1-3-31-26(29)12-10-20-32-24-16-14-22(23(21-24)15-17-25(28)30-2)11-6-4-5-8-18-33-27-13-7-9-19-34-27/h14,16,21,27H,3-13,15,17-20H2,1-2H3. The van der Waals surface area contributed by atoms with Crippen LogP contribution in [0.2, 0.25) is 0 Å². The Morgan fingerprint density at radius 2 is 1.79 bits per heavy atom. The largest absolute Gasteiger partial charge is 0.494 e. The third-order valence-corrected chi connectivity index (χ3v) is 5.89. The molecule has 7 heteroatoms. The summed E-state index contributed by atoms with van der Waals surface area (Å²) in [6.45, 7) is 4.22. The minimum Gasteiger partial charge on any atom is -0.494 e. The van der Waals surface area contributed by atoms with Gasteiger partial charge in [0.05, 0.1) is 20.3 Å². The lowest BCUT2D eigenvalue weighted by molar-refractivity contribution is -0.162. The molecule has 1 aliphatic heterocycles. The van der Waals surface area contributed by atoms with Crippen molar-refractivity contribution in [1.82, 2.24) is 0 Å². The summed E-state index contributed by atoms with van der Waals surface area (Å²) in [7, 11) is 1.41. The highest BCUT2D eigenvalue weighted by atomic mass is 16.7. The smallest absolute Gasteiger partial charge is 0.305 e. The summed E-state index contributed by atoms with van der Waals surface area (Å²) in [4.78, 5) is 23.1. The topological polar surface area (TPSA) is 80.3 Å². The van der Waals surface area contributed by atoms with Crippen molar-refractivity contribution in [3.63, 3.8) is 0 Å². The Morgan fingerprint density at radius 3 is 2.56 bits per heavy atom. The third kappa shape index (κ3) is 11.8. The van der Waals surface area contributed by atoms with E-state index in [1.807, 2.05) is 12.1 Å². The fraction of sp³-hybridized carbons (Fsp3) is 0.704. The Balaban J connectivity index is 1.74. The number of carbonyl (C=O) groups is 2. The van der Waals surface area contributed by atoms with E-state index in [0.29, 0.717) is 38.9 Å². The van der Waals surface area contributed by atoms with Gasteiger partial charge in [0.1, 0.15) is 5.75 Å². The molecule has 1 unspecified atom stereocenters.